The van der Waals surface area contributed by atoms with Crippen LogP contribution >= 0.6 is 11.8 Å². The molecule has 1 heterocycles. The molecular formula is C10H19N5O2S. The van der Waals surface area contributed by atoms with Crippen LogP contribution in [0.4, 0.5) is 0 Å². The van der Waals surface area contributed by atoms with E-state index >= 15 is 0 Å². The molecule has 1 rings (SSSR count). The maximum absolute atomic E-state index is 10.5. The fourth-order valence-electron chi connectivity index (χ4n) is 1.29. The Balaban J connectivity index is 2.38. The lowest BCUT2D eigenvalue weighted by Crippen LogP contribution is -2.28. The van der Waals surface area contributed by atoms with Crippen molar-refractivity contribution in [3.05, 3.63) is 0 Å². The van der Waals surface area contributed by atoms with Crippen molar-refractivity contribution in [2.75, 3.05) is 19.3 Å². The van der Waals surface area contributed by atoms with E-state index in [1.165, 1.54) is 0 Å². The van der Waals surface area contributed by atoms with Crippen LogP contribution in [0.1, 0.15) is 20.3 Å². The van der Waals surface area contributed by atoms with E-state index in [9.17, 15) is 4.79 Å². The van der Waals surface area contributed by atoms with Gasteiger partial charge in [0.25, 0.3) is 0 Å². The Morgan fingerprint density at radius 1 is 1.56 bits per heavy atom. The van der Waals surface area contributed by atoms with Gasteiger partial charge in [-0.15, -0.1) is 5.10 Å². The molecule has 0 aliphatic heterocycles. The average Bonchev–Trinajstić information content (AvgIpc) is 2.73. The summed E-state index contributed by atoms with van der Waals surface area (Å²) in [7, 11) is 2.07. The highest BCUT2D eigenvalue weighted by atomic mass is 32.2. The number of hydrogen-bond donors (Lipinski definition) is 1. The predicted octanol–water partition coefficient (Wildman–Crippen LogP) is 0.580. The summed E-state index contributed by atoms with van der Waals surface area (Å²) in [6.07, 6.45) is 0.931. The number of aryl methyl sites for hydroxylation is 1. The van der Waals surface area contributed by atoms with Gasteiger partial charge in [0.15, 0.2) is 0 Å². The van der Waals surface area contributed by atoms with E-state index in [2.05, 4.69) is 41.3 Å². The molecule has 0 radical (unpaired) electrons. The number of hydrogen-bond acceptors (Lipinski definition) is 6. The molecule has 102 valence electrons. The summed E-state index contributed by atoms with van der Waals surface area (Å²) in [4.78, 5) is 12.7. The minimum absolute atomic E-state index is 0.0216. The van der Waals surface area contributed by atoms with Gasteiger partial charge in [-0.1, -0.05) is 11.8 Å². The second kappa shape index (κ2) is 7.32. The molecule has 18 heavy (non-hydrogen) atoms. The third-order valence-corrected chi connectivity index (χ3v) is 3.53. The monoisotopic (exact) mass is 273 g/mol. The molecule has 0 saturated heterocycles. The number of tetrazole rings is 1. The summed E-state index contributed by atoms with van der Waals surface area (Å²) in [5, 5.41) is 20.4. The highest BCUT2D eigenvalue weighted by Crippen LogP contribution is 2.13. The van der Waals surface area contributed by atoms with Gasteiger partial charge in [-0.05, 0) is 44.3 Å². The van der Waals surface area contributed by atoms with Gasteiger partial charge in [0.2, 0.25) is 5.16 Å². The molecule has 0 aliphatic rings. The van der Waals surface area contributed by atoms with Crippen molar-refractivity contribution in [3.8, 4) is 0 Å². The van der Waals surface area contributed by atoms with Crippen LogP contribution in [0.2, 0.25) is 0 Å². The van der Waals surface area contributed by atoms with E-state index in [1.54, 1.807) is 4.68 Å². The SMILES string of the molecule is CC(C)N(C)CCCn1nnnc1SCC(=O)O. The number of carbonyl (C=O) groups is 1. The fraction of sp³-hybridized carbons (Fsp3) is 0.800. The molecule has 0 amide bonds. The summed E-state index contributed by atoms with van der Waals surface area (Å²) >= 11 is 1.14. The van der Waals surface area contributed by atoms with Crippen LogP contribution in [-0.2, 0) is 11.3 Å². The first-order chi connectivity index (χ1) is 8.50. The number of nitrogens with zero attached hydrogens (tertiary/aromatic N) is 5. The molecule has 0 saturated carbocycles. The zero-order valence-electron chi connectivity index (χ0n) is 10.9. The van der Waals surface area contributed by atoms with Gasteiger partial charge in [-0.2, -0.15) is 0 Å². The van der Waals surface area contributed by atoms with Crippen LogP contribution in [-0.4, -0.2) is 61.6 Å². The highest BCUT2D eigenvalue weighted by molar-refractivity contribution is 7.99. The van der Waals surface area contributed by atoms with Crippen molar-refractivity contribution in [1.29, 1.82) is 0 Å². The Morgan fingerprint density at radius 2 is 2.28 bits per heavy atom. The molecule has 1 aromatic rings. The number of carboxylic acid groups (broad SMARTS) is 1. The lowest BCUT2D eigenvalue weighted by atomic mass is 10.3. The Bertz CT molecular complexity index is 382. The van der Waals surface area contributed by atoms with E-state index in [4.69, 9.17) is 5.11 Å². The molecule has 8 heteroatoms. The molecule has 0 aliphatic carbocycles. The molecule has 0 aromatic carbocycles. The number of aliphatic carboxylic acids is 1. The fourth-order valence-corrected chi connectivity index (χ4v) is 1.92. The van der Waals surface area contributed by atoms with Crippen molar-refractivity contribution >= 4 is 17.7 Å². The molecule has 0 unspecified atom stereocenters. The summed E-state index contributed by atoms with van der Waals surface area (Å²) in [6.45, 7) is 5.95. The maximum Gasteiger partial charge on any atom is 0.313 e. The predicted molar refractivity (Wildman–Crippen MR) is 68.6 cm³/mol. The van der Waals surface area contributed by atoms with Gasteiger partial charge in [-0.3, -0.25) is 4.79 Å². The van der Waals surface area contributed by atoms with E-state index in [0.717, 1.165) is 24.7 Å². The van der Waals surface area contributed by atoms with Crippen LogP contribution in [0.15, 0.2) is 5.16 Å². The van der Waals surface area contributed by atoms with Crippen molar-refractivity contribution < 1.29 is 9.90 Å². The standard InChI is InChI=1S/C10H19N5O2S/c1-8(2)14(3)5-4-6-15-10(11-12-13-15)18-7-9(16)17/h8H,4-7H2,1-3H3,(H,16,17). The molecule has 0 fully saturated rings. The van der Waals surface area contributed by atoms with E-state index < -0.39 is 5.97 Å². The molecule has 1 N–H and O–H groups in total. The van der Waals surface area contributed by atoms with Crippen molar-refractivity contribution in [3.63, 3.8) is 0 Å². The van der Waals surface area contributed by atoms with Gasteiger partial charge in [0, 0.05) is 12.6 Å². The summed E-state index contributed by atoms with van der Waals surface area (Å²) in [5.74, 6) is -0.888. The Hall–Kier alpha value is -1.15. The lowest BCUT2D eigenvalue weighted by molar-refractivity contribution is -0.133. The Morgan fingerprint density at radius 3 is 2.89 bits per heavy atom. The minimum atomic E-state index is -0.867. The van der Waals surface area contributed by atoms with Crippen LogP contribution in [0.3, 0.4) is 0 Å². The number of carboxylic acids is 1. The first-order valence-electron chi connectivity index (χ1n) is 5.81. The number of thioether (sulfide) groups is 1. The van der Waals surface area contributed by atoms with E-state index in [0.29, 0.717) is 17.7 Å². The molecule has 7 nitrogen and oxygen atoms in total. The highest BCUT2D eigenvalue weighted by Gasteiger charge is 2.09. The van der Waals surface area contributed by atoms with Crippen LogP contribution in [0, 0.1) is 0 Å². The first kappa shape index (κ1) is 14.9. The molecule has 0 atom stereocenters. The van der Waals surface area contributed by atoms with E-state index in [1.807, 2.05) is 0 Å². The van der Waals surface area contributed by atoms with Gasteiger partial charge < -0.3 is 10.0 Å². The molecular weight excluding hydrogens is 254 g/mol. The zero-order valence-corrected chi connectivity index (χ0v) is 11.7. The van der Waals surface area contributed by atoms with Crippen LogP contribution < -0.4 is 0 Å². The summed E-state index contributed by atoms with van der Waals surface area (Å²) in [5.41, 5.74) is 0. The summed E-state index contributed by atoms with van der Waals surface area (Å²) < 4.78 is 1.65. The summed E-state index contributed by atoms with van der Waals surface area (Å²) in [6, 6.07) is 0.514. The van der Waals surface area contributed by atoms with Crippen molar-refractivity contribution in [2.24, 2.45) is 0 Å². The molecule has 0 bridgehead atoms. The van der Waals surface area contributed by atoms with Gasteiger partial charge in [0.05, 0.1) is 5.75 Å². The zero-order chi connectivity index (χ0) is 13.5. The minimum Gasteiger partial charge on any atom is -0.481 e. The average molecular weight is 273 g/mol. The molecule has 0 spiro atoms. The van der Waals surface area contributed by atoms with Crippen LogP contribution in [0.25, 0.3) is 0 Å². The van der Waals surface area contributed by atoms with Gasteiger partial charge in [0.1, 0.15) is 0 Å². The maximum atomic E-state index is 10.5. The van der Waals surface area contributed by atoms with Gasteiger partial charge in [-0.25, -0.2) is 4.68 Å². The first-order valence-corrected chi connectivity index (χ1v) is 6.80. The van der Waals surface area contributed by atoms with Gasteiger partial charge >= 0.3 is 5.97 Å². The molecule has 1 aromatic heterocycles. The van der Waals surface area contributed by atoms with Crippen molar-refractivity contribution in [1.82, 2.24) is 25.1 Å². The quantitative estimate of drug-likeness (QED) is 0.693. The van der Waals surface area contributed by atoms with Crippen LogP contribution in [0.5, 0.6) is 0 Å². The number of aromatic nitrogens is 4. The third-order valence-electron chi connectivity index (χ3n) is 2.59. The normalized spacial score (nSPS) is 11.4. The second-order valence-corrected chi connectivity index (χ2v) is 5.24. The second-order valence-electron chi connectivity index (χ2n) is 4.29. The Kier molecular flexibility index (Phi) is 6.06. The largest absolute Gasteiger partial charge is 0.481 e. The lowest BCUT2D eigenvalue weighted by Gasteiger charge is -2.20. The third kappa shape index (κ3) is 5.01. The smallest absolute Gasteiger partial charge is 0.313 e. The Labute approximate surface area is 111 Å². The topological polar surface area (TPSA) is 84.1 Å². The number of rotatable bonds is 8. The van der Waals surface area contributed by atoms with Crippen molar-refractivity contribution in [2.45, 2.75) is 38.0 Å². The van der Waals surface area contributed by atoms with E-state index in [-0.39, 0.29) is 5.75 Å².